The molecule has 0 bridgehead atoms. The van der Waals surface area contributed by atoms with Crippen LogP contribution in [0.2, 0.25) is 5.02 Å². The molecule has 2 saturated heterocycles. The van der Waals surface area contributed by atoms with Gasteiger partial charge in [0.1, 0.15) is 11.9 Å². The van der Waals surface area contributed by atoms with Gasteiger partial charge < -0.3 is 14.7 Å². The zero-order valence-corrected chi connectivity index (χ0v) is 18.3. The molecule has 0 N–H and O–H groups in total. The fourth-order valence-electron chi connectivity index (χ4n) is 3.91. The number of aromatic nitrogens is 2. The Morgan fingerprint density at radius 1 is 1.13 bits per heavy atom. The summed E-state index contributed by atoms with van der Waals surface area (Å²) in [6, 6.07) is 7.19. The van der Waals surface area contributed by atoms with Gasteiger partial charge in [0.15, 0.2) is 15.5 Å². The Balaban J connectivity index is 1.51. The average molecular weight is 447 g/mol. The largest absolute Gasteiger partial charge is 0.369 e. The maximum absolute atomic E-state index is 13.3. The zero-order chi connectivity index (χ0) is 21.3. The van der Waals surface area contributed by atoms with Gasteiger partial charge in [0, 0.05) is 45.0 Å². The lowest BCUT2D eigenvalue weighted by Gasteiger charge is -2.34. The van der Waals surface area contributed by atoms with Crippen LogP contribution in [0.5, 0.6) is 0 Å². The van der Waals surface area contributed by atoms with Crippen molar-refractivity contribution in [1.29, 1.82) is 5.26 Å². The summed E-state index contributed by atoms with van der Waals surface area (Å²) < 4.78 is 26.5. The maximum atomic E-state index is 13.3. The van der Waals surface area contributed by atoms with Crippen LogP contribution in [-0.2, 0) is 9.84 Å². The van der Waals surface area contributed by atoms with Gasteiger partial charge in [0.25, 0.3) is 0 Å². The van der Waals surface area contributed by atoms with Crippen molar-refractivity contribution in [3.63, 3.8) is 0 Å². The van der Waals surface area contributed by atoms with E-state index >= 15 is 0 Å². The van der Waals surface area contributed by atoms with Gasteiger partial charge in [-0.05, 0) is 31.7 Å². The van der Waals surface area contributed by atoms with Crippen LogP contribution >= 0.6 is 11.6 Å². The number of anilines is 2. The normalized spacial score (nSPS) is 20.4. The molecule has 0 spiro atoms. The fourth-order valence-corrected chi connectivity index (χ4v) is 6.15. The molecule has 2 fully saturated rings. The molecule has 3 heterocycles. The molecule has 158 valence electrons. The molecule has 1 aromatic carbocycles. The number of benzene rings is 1. The smallest absolute Gasteiger partial charge is 0.184 e. The van der Waals surface area contributed by atoms with Gasteiger partial charge >= 0.3 is 0 Å². The Bertz CT molecular complexity index is 1080. The van der Waals surface area contributed by atoms with E-state index < -0.39 is 15.1 Å². The second-order valence-electron chi connectivity index (χ2n) is 7.68. The van der Waals surface area contributed by atoms with Crippen molar-refractivity contribution in [3.05, 3.63) is 41.3 Å². The minimum atomic E-state index is -3.60. The topological polar surface area (TPSA) is 93.4 Å². The van der Waals surface area contributed by atoms with E-state index in [4.69, 9.17) is 16.9 Å². The average Bonchev–Trinajstić information content (AvgIpc) is 3.25. The number of hydrogen-bond acceptors (Lipinski definition) is 8. The third-order valence-electron chi connectivity index (χ3n) is 5.73. The maximum Gasteiger partial charge on any atom is 0.184 e. The van der Waals surface area contributed by atoms with E-state index in [2.05, 4.69) is 26.8 Å². The molecule has 4 rings (SSSR count). The summed E-state index contributed by atoms with van der Waals surface area (Å²) in [7, 11) is -1.51. The van der Waals surface area contributed by atoms with E-state index in [0.29, 0.717) is 25.3 Å². The minimum absolute atomic E-state index is 0.172. The Morgan fingerprint density at radius 2 is 1.90 bits per heavy atom. The quantitative estimate of drug-likeness (QED) is 0.701. The Hall–Kier alpha value is -2.41. The molecule has 2 aromatic rings. The molecule has 30 heavy (non-hydrogen) atoms. The third kappa shape index (κ3) is 4.08. The lowest BCUT2D eigenvalue weighted by molar-refractivity contribution is 0.313. The number of halogens is 1. The Kier molecular flexibility index (Phi) is 5.82. The van der Waals surface area contributed by atoms with Crippen molar-refractivity contribution < 1.29 is 8.42 Å². The number of piperazine rings is 1. The SMILES string of the molecule is CN1CCN(c2ccc(S(=O)(=O)C3CCN(c4cncc(C#N)n4)C3)c(Cl)c2)CC1. The molecule has 0 amide bonds. The van der Waals surface area contributed by atoms with Crippen LogP contribution in [-0.4, -0.2) is 74.9 Å². The highest BCUT2D eigenvalue weighted by atomic mass is 35.5. The Morgan fingerprint density at radius 3 is 2.60 bits per heavy atom. The minimum Gasteiger partial charge on any atom is -0.369 e. The number of nitriles is 1. The predicted molar refractivity (Wildman–Crippen MR) is 116 cm³/mol. The van der Waals surface area contributed by atoms with Crippen molar-refractivity contribution in [2.75, 3.05) is 56.1 Å². The van der Waals surface area contributed by atoms with Crippen LogP contribution in [0.25, 0.3) is 0 Å². The summed E-state index contributed by atoms with van der Waals surface area (Å²) in [6.07, 6.45) is 3.40. The number of likely N-dealkylation sites (N-methyl/N-ethyl adjacent to an activating group) is 1. The first-order chi connectivity index (χ1) is 14.4. The summed E-state index contributed by atoms with van der Waals surface area (Å²) in [4.78, 5) is 14.7. The van der Waals surface area contributed by atoms with Crippen LogP contribution in [0.1, 0.15) is 12.1 Å². The van der Waals surface area contributed by atoms with Crippen molar-refractivity contribution in [2.24, 2.45) is 0 Å². The van der Waals surface area contributed by atoms with Crippen LogP contribution < -0.4 is 9.80 Å². The van der Waals surface area contributed by atoms with Gasteiger partial charge in [0.2, 0.25) is 0 Å². The first-order valence-electron chi connectivity index (χ1n) is 9.82. The van der Waals surface area contributed by atoms with E-state index in [1.807, 2.05) is 17.0 Å². The van der Waals surface area contributed by atoms with Gasteiger partial charge in [-0.15, -0.1) is 0 Å². The molecule has 0 radical (unpaired) electrons. The van der Waals surface area contributed by atoms with Crippen molar-refractivity contribution in [3.8, 4) is 6.07 Å². The fraction of sp³-hybridized carbons (Fsp3) is 0.450. The van der Waals surface area contributed by atoms with Crippen molar-refractivity contribution in [2.45, 2.75) is 16.6 Å². The van der Waals surface area contributed by atoms with E-state index in [-0.39, 0.29) is 15.6 Å². The van der Waals surface area contributed by atoms with Gasteiger partial charge in [-0.2, -0.15) is 5.26 Å². The van der Waals surface area contributed by atoms with E-state index in [0.717, 1.165) is 31.9 Å². The van der Waals surface area contributed by atoms with Gasteiger partial charge in [-0.25, -0.2) is 13.4 Å². The Labute approximate surface area is 181 Å². The van der Waals surface area contributed by atoms with Gasteiger partial charge in [-0.1, -0.05) is 11.6 Å². The standard InChI is InChI=1S/C20H23ClN6O2S/c1-25-6-8-26(9-7-25)16-2-3-19(18(21)10-16)30(28,29)17-4-5-27(14-17)20-13-23-12-15(11-22)24-20/h2-3,10,12-13,17H,4-9,14H2,1H3. The van der Waals surface area contributed by atoms with Crippen LogP contribution in [0.4, 0.5) is 11.5 Å². The molecule has 1 unspecified atom stereocenters. The number of rotatable bonds is 4. The van der Waals surface area contributed by atoms with E-state index in [1.165, 1.54) is 6.20 Å². The molecule has 0 saturated carbocycles. The lowest BCUT2D eigenvalue weighted by atomic mass is 10.2. The second-order valence-corrected chi connectivity index (χ2v) is 10.3. The van der Waals surface area contributed by atoms with Gasteiger partial charge in [0.05, 0.1) is 27.6 Å². The lowest BCUT2D eigenvalue weighted by Crippen LogP contribution is -2.44. The highest BCUT2D eigenvalue weighted by Crippen LogP contribution is 2.33. The van der Waals surface area contributed by atoms with Crippen LogP contribution in [0.15, 0.2) is 35.5 Å². The first-order valence-corrected chi connectivity index (χ1v) is 11.7. The summed E-state index contributed by atoms with van der Waals surface area (Å²) in [6.45, 7) is 4.53. The van der Waals surface area contributed by atoms with Gasteiger partial charge in [-0.3, -0.25) is 4.98 Å². The predicted octanol–water partition coefficient (Wildman–Crippen LogP) is 1.81. The first kappa shape index (κ1) is 20.8. The van der Waals surface area contributed by atoms with Crippen LogP contribution in [0, 0.1) is 11.3 Å². The number of nitrogens with zero attached hydrogens (tertiary/aromatic N) is 6. The van der Waals surface area contributed by atoms with E-state index in [9.17, 15) is 8.42 Å². The molecule has 10 heteroatoms. The summed E-state index contributed by atoms with van der Waals surface area (Å²) in [5.41, 5.74) is 1.16. The molecule has 1 atom stereocenters. The molecule has 2 aliphatic heterocycles. The molecular formula is C20H23ClN6O2S. The summed E-state index contributed by atoms with van der Waals surface area (Å²) in [5.74, 6) is 0.517. The monoisotopic (exact) mass is 446 g/mol. The third-order valence-corrected chi connectivity index (χ3v) is 8.39. The molecule has 0 aliphatic carbocycles. The number of hydrogen-bond donors (Lipinski definition) is 0. The molecule has 1 aromatic heterocycles. The molecular weight excluding hydrogens is 424 g/mol. The highest BCUT2D eigenvalue weighted by Gasteiger charge is 2.36. The molecule has 2 aliphatic rings. The van der Waals surface area contributed by atoms with Crippen LogP contribution in [0.3, 0.4) is 0 Å². The highest BCUT2D eigenvalue weighted by molar-refractivity contribution is 7.92. The zero-order valence-electron chi connectivity index (χ0n) is 16.7. The van der Waals surface area contributed by atoms with Crippen molar-refractivity contribution in [1.82, 2.24) is 14.9 Å². The summed E-state index contributed by atoms with van der Waals surface area (Å²) in [5, 5.41) is 8.68. The molecule has 8 nitrogen and oxygen atoms in total. The van der Waals surface area contributed by atoms with Crippen molar-refractivity contribution >= 4 is 32.9 Å². The number of sulfone groups is 1. The summed E-state index contributed by atoms with van der Waals surface area (Å²) >= 11 is 6.44. The van der Waals surface area contributed by atoms with E-state index in [1.54, 1.807) is 18.3 Å². The second kappa shape index (κ2) is 8.38.